The van der Waals surface area contributed by atoms with Crippen LogP contribution in [-0.4, -0.2) is 12.9 Å². The molecule has 0 bridgehead atoms. The molecule has 1 rings (SSSR count). The number of ether oxygens (including phenoxy) is 1. The van der Waals surface area contributed by atoms with Gasteiger partial charge in [0.25, 0.3) is 0 Å². The summed E-state index contributed by atoms with van der Waals surface area (Å²) in [6, 6.07) is 3.54. The van der Waals surface area contributed by atoms with Gasteiger partial charge in [-0.1, -0.05) is 32.6 Å². The van der Waals surface area contributed by atoms with Crippen LogP contribution in [0.5, 0.6) is 5.75 Å². The lowest BCUT2D eigenvalue weighted by molar-refractivity contribution is 0.112. The summed E-state index contributed by atoms with van der Waals surface area (Å²) in [7, 11) is 0. The number of carbonyl (C=O) groups excluding carboxylic acids is 1. The van der Waals surface area contributed by atoms with Gasteiger partial charge < -0.3 is 4.74 Å². The number of hydrogen-bond acceptors (Lipinski definition) is 2. The van der Waals surface area contributed by atoms with E-state index in [0.717, 1.165) is 27.4 Å². The summed E-state index contributed by atoms with van der Waals surface area (Å²) < 4.78 is 7.36. The molecule has 0 aromatic heterocycles. The molecule has 0 aliphatic rings. The second-order valence-electron chi connectivity index (χ2n) is 4.19. The SMILES string of the molecule is CCCCCCCOc1c(Br)cc(C=O)cc1Br. The first kappa shape index (κ1) is 15.7. The molecule has 0 atom stereocenters. The summed E-state index contributed by atoms with van der Waals surface area (Å²) in [5.41, 5.74) is 0.629. The van der Waals surface area contributed by atoms with E-state index < -0.39 is 0 Å². The zero-order valence-corrected chi connectivity index (χ0v) is 13.7. The summed E-state index contributed by atoms with van der Waals surface area (Å²) in [5, 5.41) is 0. The highest BCUT2D eigenvalue weighted by atomic mass is 79.9. The second kappa shape index (κ2) is 8.70. The number of halogens is 2. The number of carbonyl (C=O) groups is 1. The maximum absolute atomic E-state index is 10.7. The molecule has 0 spiro atoms. The Bertz CT molecular complexity index is 368. The Kier molecular flexibility index (Phi) is 7.59. The van der Waals surface area contributed by atoms with Gasteiger partial charge in [-0.15, -0.1) is 0 Å². The van der Waals surface area contributed by atoms with E-state index in [0.29, 0.717) is 12.2 Å². The van der Waals surface area contributed by atoms with Gasteiger partial charge in [0.1, 0.15) is 12.0 Å². The van der Waals surface area contributed by atoms with E-state index in [1.54, 1.807) is 12.1 Å². The minimum atomic E-state index is 0.629. The van der Waals surface area contributed by atoms with E-state index in [2.05, 4.69) is 38.8 Å². The third-order valence-electron chi connectivity index (χ3n) is 2.65. The quantitative estimate of drug-likeness (QED) is 0.449. The topological polar surface area (TPSA) is 26.3 Å². The van der Waals surface area contributed by atoms with Crippen LogP contribution in [0, 0.1) is 0 Å². The van der Waals surface area contributed by atoms with Crippen molar-refractivity contribution >= 4 is 38.1 Å². The predicted octanol–water partition coefficient (Wildman–Crippen LogP) is 5.37. The Labute approximate surface area is 125 Å². The Morgan fingerprint density at radius 1 is 1.11 bits per heavy atom. The standard InChI is InChI=1S/C14H18Br2O2/c1-2-3-4-5-6-7-18-14-12(15)8-11(10-17)9-13(14)16/h8-10H,2-7H2,1H3. The van der Waals surface area contributed by atoms with Crippen LogP contribution < -0.4 is 4.74 Å². The highest BCUT2D eigenvalue weighted by Crippen LogP contribution is 2.34. The van der Waals surface area contributed by atoms with Gasteiger partial charge in [-0.05, 0) is 50.4 Å². The minimum Gasteiger partial charge on any atom is -0.491 e. The van der Waals surface area contributed by atoms with Crippen molar-refractivity contribution in [3.63, 3.8) is 0 Å². The van der Waals surface area contributed by atoms with Gasteiger partial charge in [0.05, 0.1) is 15.6 Å². The zero-order chi connectivity index (χ0) is 13.4. The van der Waals surface area contributed by atoms with Gasteiger partial charge in [-0.3, -0.25) is 4.79 Å². The molecule has 0 N–H and O–H groups in total. The molecule has 0 fully saturated rings. The largest absolute Gasteiger partial charge is 0.491 e. The number of aldehydes is 1. The fraction of sp³-hybridized carbons (Fsp3) is 0.500. The van der Waals surface area contributed by atoms with Gasteiger partial charge >= 0.3 is 0 Å². The van der Waals surface area contributed by atoms with E-state index in [1.807, 2.05) is 0 Å². The van der Waals surface area contributed by atoms with Crippen LogP contribution in [0.4, 0.5) is 0 Å². The maximum atomic E-state index is 10.7. The summed E-state index contributed by atoms with van der Waals surface area (Å²) in [4.78, 5) is 10.7. The first-order chi connectivity index (χ1) is 8.69. The van der Waals surface area contributed by atoms with Gasteiger partial charge in [-0.25, -0.2) is 0 Å². The number of hydrogen-bond donors (Lipinski definition) is 0. The Balaban J connectivity index is 2.45. The molecule has 100 valence electrons. The Morgan fingerprint density at radius 2 is 1.72 bits per heavy atom. The molecule has 1 aromatic carbocycles. The fourth-order valence-corrected chi connectivity index (χ4v) is 3.12. The molecule has 2 nitrogen and oxygen atoms in total. The molecule has 1 aromatic rings. The number of rotatable bonds is 8. The summed E-state index contributed by atoms with van der Waals surface area (Å²) in [6.07, 6.45) is 6.91. The lowest BCUT2D eigenvalue weighted by Gasteiger charge is -2.10. The number of unbranched alkanes of at least 4 members (excludes halogenated alkanes) is 4. The molecule has 0 aliphatic carbocycles. The summed E-state index contributed by atoms with van der Waals surface area (Å²) in [5.74, 6) is 0.774. The predicted molar refractivity (Wildman–Crippen MR) is 81.5 cm³/mol. The van der Waals surface area contributed by atoms with Crippen molar-refractivity contribution in [2.75, 3.05) is 6.61 Å². The summed E-state index contributed by atoms with van der Waals surface area (Å²) >= 11 is 6.84. The van der Waals surface area contributed by atoms with Gasteiger partial charge in [-0.2, -0.15) is 0 Å². The molecule has 4 heteroatoms. The van der Waals surface area contributed by atoms with Crippen molar-refractivity contribution in [2.24, 2.45) is 0 Å². The van der Waals surface area contributed by atoms with Gasteiger partial charge in [0, 0.05) is 5.56 Å². The first-order valence-electron chi connectivity index (χ1n) is 6.26. The lowest BCUT2D eigenvalue weighted by Crippen LogP contribution is -1.99. The van der Waals surface area contributed by atoms with Crippen molar-refractivity contribution < 1.29 is 9.53 Å². The van der Waals surface area contributed by atoms with Crippen LogP contribution in [-0.2, 0) is 0 Å². The monoisotopic (exact) mass is 376 g/mol. The van der Waals surface area contributed by atoms with E-state index >= 15 is 0 Å². The molecule has 0 saturated carbocycles. The average Bonchev–Trinajstić information content (AvgIpc) is 2.35. The van der Waals surface area contributed by atoms with Crippen molar-refractivity contribution in [1.29, 1.82) is 0 Å². The second-order valence-corrected chi connectivity index (χ2v) is 5.90. The van der Waals surface area contributed by atoms with Crippen LogP contribution in [0.3, 0.4) is 0 Å². The average molecular weight is 378 g/mol. The normalized spacial score (nSPS) is 10.4. The van der Waals surface area contributed by atoms with Gasteiger partial charge in [0.15, 0.2) is 0 Å². The highest BCUT2D eigenvalue weighted by molar-refractivity contribution is 9.11. The summed E-state index contributed by atoms with van der Waals surface area (Å²) in [6.45, 7) is 2.92. The Hall–Kier alpha value is -0.350. The minimum absolute atomic E-state index is 0.629. The molecule has 0 radical (unpaired) electrons. The molecular weight excluding hydrogens is 360 g/mol. The van der Waals surface area contributed by atoms with Crippen LogP contribution in [0.1, 0.15) is 49.4 Å². The van der Waals surface area contributed by atoms with Crippen molar-refractivity contribution in [3.05, 3.63) is 26.6 Å². The van der Waals surface area contributed by atoms with Crippen molar-refractivity contribution in [3.8, 4) is 5.75 Å². The van der Waals surface area contributed by atoms with Crippen molar-refractivity contribution in [2.45, 2.75) is 39.0 Å². The molecule has 18 heavy (non-hydrogen) atoms. The lowest BCUT2D eigenvalue weighted by atomic mass is 10.2. The smallest absolute Gasteiger partial charge is 0.150 e. The molecule has 0 amide bonds. The van der Waals surface area contributed by atoms with Crippen LogP contribution in [0.2, 0.25) is 0 Å². The molecular formula is C14H18Br2O2. The van der Waals surface area contributed by atoms with E-state index in [1.165, 1.54) is 25.7 Å². The maximum Gasteiger partial charge on any atom is 0.150 e. The van der Waals surface area contributed by atoms with E-state index in [4.69, 9.17) is 4.74 Å². The van der Waals surface area contributed by atoms with Crippen LogP contribution >= 0.6 is 31.9 Å². The Morgan fingerprint density at radius 3 is 2.28 bits per heavy atom. The van der Waals surface area contributed by atoms with Gasteiger partial charge in [0.2, 0.25) is 0 Å². The molecule has 0 heterocycles. The fourth-order valence-electron chi connectivity index (χ4n) is 1.67. The van der Waals surface area contributed by atoms with Crippen LogP contribution in [0.15, 0.2) is 21.1 Å². The molecule has 0 unspecified atom stereocenters. The van der Waals surface area contributed by atoms with Crippen molar-refractivity contribution in [1.82, 2.24) is 0 Å². The number of benzene rings is 1. The highest BCUT2D eigenvalue weighted by Gasteiger charge is 2.08. The third-order valence-corrected chi connectivity index (χ3v) is 3.83. The van der Waals surface area contributed by atoms with E-state index in [-0.39, 0.29) is 0 Å². The molecule has 0 saturated heterocycles. The zero-order valence-electron chi connectivity index (χ0n) is 10.5. The third kappa shape index (κ3) is 5.11. The molecule has 0 aliphatic heterocycles. The van der Waals surface area contributed by atoms with E-state index in [9.17, 15) is 4.79 Å². The van der Waals surface area contributed by atoms with Crippen LogP contribution in [0.25, 0.3) is 0 Å². The first-order valence-corrected chi connectivity index (χ1v) is 7.84.